The van der Waals surface area contributed by atoms with E-state index in [-0.39, 0.29) is 29.9 Å². The molecule has 0 N–H and O–H groups in total. The van der Waals surface area contributed by atoms with Gasteiger partial charge in [-0.2, -0.15) is 0 Å². The second-order valence-corrected chi connectivity index (χ2v) is 9.02. The van der Waals surface area contributed by atoms with Crippen LogP contribution in [0.3, 0.4) is 0 Å². The van der Waals surface area contributed by atoms with Crippen LogP contribution >= 0.6 is 0 Å². The van der Waals surface area contributed by atoms with Crippen LogP contribution in [0.2, 0.25) is 5.82 Å². The third-order valence-corrected chi connectivity index (χ3v) is 6.79. The maximum absolute atomic E-state index is 11.9. The van der Waals surface area contributed by atoms with Crippen molar-refractivity contribution in [2.45, 2.75) is 64.5 Å². The second-order valence-electron chi connectivity index (χ2n) is 6.76. The summed E-state index contributed by atoms with van der Waals surface area (Å²) in [6, 6.07) is 0. The predicted molar refractivity (Wildman–Crippen MR) is 80.1 cm³/mol. The van der Waals surface area contributed by atoms with Crippen LogP contribution in [-0.2, 0) is 19.3 Å². The van der Waals surface area contributed by atoms with Gasteiger partial charge in [0.25, 0.3) is 0 Å². The van der Waals surface area contributed by atoms with Crippen LogP contribution in [0.4, 0.5) is 0 Å². The van der Waals surface area contributed by atoms with Crippen molar-refractivity contribution >= 4 is 17.1 Å². The summed E-state index contributed by atoms with van der Waals surface area (Å²) >= 11 is 0. The maximum Gasteiger partial charge on any atom is 0.461 e. The van der Waals surface area contributed by atoms with Crippen LogP contribution in [0.1, 0.15) is 47.5 Å². The van der Waals surface area contributed by atoms with E-state index in [4.69, 9.17) is 9.31 Å². The Balaban J connectivity index is 1.96. The standard InChI is InChI=1S/C13H26BNO4S/c1-6-20(16,17)15-9-7-11(8-10-15)14-18-12(2,3)13(4,5)19-14/h11H,6-10H2,1-5H3. The highest BCUT2D eigenvalue weighted by molar-refractivity contribution is 7.89. The highest BCUT2D eigenvalue weighted by Gasteiger charge is 2.54. The molecule has 0 saturated carbocycles. The van der Waals surface area contributed by atoms with Gasteiger partial charge < -0.3 is 9.31 Å². The molecule has 5 nitrogen and oxygen atoms in total. The number of nitrogens with zero attached hydrogens (tertiary/aromatic N) is 1. The van der Waals surface area contributed by atoms with Gasteiger partial charge in [0.2, 0.25) is 10.0 Å². The highest BCUT2D eigenvalue weighted by atomic mass is 32.2. The van der Waals surface area contributed by atoms with Crippen molar-refractivity contribution in [3.8, 4) is 0 Å². The number of sulfonamides is 1. The van der Waals surface area contributed by atoms with E-state index in [0.29, 0.717) is 13.1 Å². The van der Waals surface area contributed by atoms with Gasteiger partial charge in [0.15, 0.2) is 0 Å². The molecule has 2 fully saturated rings. The van der Waals surface area contributed by atoms with Gasteiger partial charge >= 0.3 is 7.12 Å². The minimum atomic E-state index is -3.06. The number of hydrogen-bond donors (Lipinski definition) is 0. The van der Waals surface area contributed by atoms with Crippen molar-refractivity contribution in [3.63, 3.8) is 0 Å². The van der Waals surface area contributed by atoms with Gasteiger partial charge in [-0.1, -0.05) is 0 Å². The number of piperidine rings is 1. The molecule has 2 saturated heterocycles. The van der Waals surface area contributed by atoms with Crippen molar-refractivity contribution < 1.29 is 17.7 Å². The van der Waals surface area contributed by atoms with Crippen LogP contribution in [0.5, 0.6) is 0 Å². The molecule has 0 aliphatic carbocycles. The van der Waals surface area contributed by atoms with E-state index in [1.807, 2.05) is 27.7 Å². The third-order valence-electron chi connectivity index (χ3n) is 4.91. The van der Waals surface area contributed by atoms with E-state index in [2.05, 4.69) is 0 Å². The Kier molecular flexibility index (Phi) is 4.28. The number of hydrogen-bond acceptors (Lipinski definition) is 4. The van der Waals surface area contributed by atoms with E-state index < -0.39 is 10.0 Å². The summed E-state index contributed by atoms with van der Waals surface area (Å²) in [5.41, 5.74) is -0.630. The lowest BCUT2D eigenvalue weighted by Gasteiger charge is -2.32. The molecule has 0 atom stereocenters. The highest BCUT2D eigenvalue weighted by Crippen LogP contribution is 2.42. The first-order chi connectivity index (χ1) is 9.09. The smallest absolute Gasteiger partial charge is 0.403 e. The van der Waals surface area contributed by atoms with Gasteiger partial charge in [0, 0.05) is 13.1 Å². The Morgan fingerprint density at radius 1 is 1.10 bits per heavy atom. The molecule has 0 aromatic heterocycles. The zero-order chi connectivity index (χ0) is 15.2. The Hall–Kier alpha value is -0.105. The summed E-state index contributed by atoms with van der Waals surface area (Å²) in [5.74, 6) is 0.452. The molecule has 0 unspecified atom stereocenters. The van der Waals surface area contributed by atoms with E-state index in [1.165, 1.54) is 0 Å². The third kappa shape index (κ3) is 2.91. The zero-order valence-electron chi connectivity index (χ0n) is 13.2. The molecule has 0 aromatic rings. The summed E-state index contributed by atoms with van der Waals surface area (Å²) < 4.78 is 37.4. The van der Waals surface area contributed by atoms with Gasteiger partial charge in [-0.05, 0) is 53.3 Å². The molecule has 0 amide bonds. The lowest BCUT2D eigenvalue weighted by Crippen LogP contribution is -2.41. The minimum Gasteiger partial charge on any atom is -0.403 e. The van der Waals surface area contributed by atoms with Crippen LogP contribution in [0, 0.1) is 0 Å². The average Bonchev–Trinajstić information content (AvgIpc) is 2.59. The number of rotatable bonds is 3. The average molecular weight is 303 g/mol. The van der Waals surface area contributed by atoms with Crippen molar-refractivity contribution in [2.24, 2.45) is 0 Å². The summed E-state index contributed by atoms with van der Waals surface area (Å²) in [7, 11) is -3.28. The zero-order valence-corrected chi connectivity index (χ0v) is 14.0. The Labute approximate surface area is 123 Å². The summed E-state index contributed by atoms with van der Waals surface area (Å²) in [6.45, 7) is 11.0. The molecule has 2 heterocycles. The Morgan fingerprint density at radius 3 is 1.95 bits per heavy atom. The predicted octanol–water partition coefficient (Wildman–Crippen LogP) is 1.89. The lowest BCUT2D eigenvalue weighted by molar-refractivity contribution is 0.00578. The van der Waals surface area contributed by atoms with Gasteiger partial charge in [-0.3, -0.25) is 0 Å². The quantitative estimate of drug-likeness (QED) is 0.747. The van der Waals surface area contributed by atoms with E-state index in [1.54, 1.807) is 11.2 Å². The monoisotopic (exact) mass is 303 g/mol. The summed E-state index contributed by atoms with van der Waals surface area (Å²) in [6.07, 6.45) is 1.60. The first-order valence-electron chi connectivity index (χ1n) is 7.42. The molecule has 7 heteroatoms. The Bertz CT molecular complexity index is 439. The first-order valence-corrected chi connectivity index (χ1v) is 9.03. The molecule has 0 aromatic carbocycles. The van der Waals surface area contributed by atoms with E-state index in [0.717, 1.165) is 12.8 Å². The SMILES string of the molecule is CCS(=O)(=O)N1CCC(B2OC(C)(C)C(C)(C)O2)CC1. The van der Waals surface area contributed by atoms with Gasteiger partial charge in [-0.15, -0.1) is 0 Å². The van der Waals surface area contributed by atoms with Crippen LogP contribution in [0.25, 0.3) is 0 Å². The molecule has 0 spiro atoms. The molecular formula is C13H26BNO4S. The first kappa shape index (κ1) is 16.3. The fourth-order valence-electron chi connectivity index (χ4n) is 2.69. The Morgan fingerprint density at radius 2 is 1.55 bits per heavy atom. The molecule has 2 aliphatic heterocycles. The fraction of sp³-hybridized carbons (Fsp3) is 1.00. The van der Waals surface area contributed by atoms with Gasteiger partial charge in [-0.25, -0.2) is 12.7 Å². The molecular weight excluding hydrogens is 277 g/mol. The summed E-state index contributed by atoms with van der Waals surface area (Å²) in [4.78, 5) is 0. The summed E-state index contributed by atoms with van der Waals surface area (Å²) in [5, 5.41) is 0. The molecule has 0 radical (unpaired) electrons. The fourth-order valence-corrected chi connectivity index (χ4v) is 3.82. The largest absolute Gasteiger partial charge is 0.461 e. The molecule has 20 heavy (non-hydrogen) atoms. The van der Waals surface area contributed by atoms with Crippen molar-refractivity contribution in [1.29, 1.82) is 0 Å². The van der Waals surface area contributed by atoms with Crippen LogP contribution in [0.15, 0.2) is 0 Å². The van der Waals surface area contributed by atoms with E-state index >= 15 is 0 Å². The van der Waals surface area contributed by atoms with Gasteiger partial charge in [0.1, 0.15) is 0 Å². The molecule has 0 bridgehead atoms. The van der Waals surface area contributed by atoms with Crippen LogP contribution in [-0.4, -0.2) is 49.9 Å². The van der Waals surface area contributed by atoms with Crippen LogP contribution < -0.4 is 0 Å². The normalized spacial score (nSPS) is 27.9. The van der Waals surface area contributed by atoms with Crippen molar-refractivity contribution in [3.05, 3.63) is 0 Å². The van der Waals surface area contributed by atoms with Crippen molar-refractivity contribution in [2.75, 3.05) is 18.8 Å². The topological polar surface area (TPSA) is 55.8 Å². The minimum absolute atomic E-state index is 0.175. The molecule has 2 rings (SSSR count). The van der Waals surface area contributed by atoms with Crippen molar-refractivity contribution in [1.82, 2.24) is 4.31 Å². The maximum atomic E-state index is 11.9. The van der Waals surface area contributed by atoms with Gasteiger partial charge in [0.05, 0.1) is 17.0 Å². The second kappa shape index (κ2) is 5.27. The lowest BCUT2D eigenvalue weighted by atomic mass is 9.67. The molecule has 2 aliphatic rings. The van der Waals surface area contributed by atoms with E-state index in [9.17, 15) is 8.42 Å². The molecule has 116 valence electrons.